The summed E-state index contributed by atoms with van der Waals surface area (Å²) >= 11 is 3.64. The number of hydrogen-bond donors (Lipinski definition) is 0. The maximum atomic E-state index is 12.3. The molecule has 1 unspecified atom stereocenters. The van der Waals surface area contributed by atoms with E-state index in [2.05, 4.69) is 55.8 Å². The maximum absolute atomic E-state index is 12.3. The van der Waals surface area contributed by atoms with Crippen molar-refractivity contribution in [2.75, 3.05) is 0 Å². The molecule has 98 valence electrons. The van der Waals surface area contributed by atoms with E-state index in [0.29, 0.717) is 5.78 Å². The van der Waals surface area contributed by atoms with Gasteiger partial charge in [0, 0.05) is 16.0 Å². The Hall–Kier alpha value is -0.630. The van der Waals surface area contributed by atoms with Crippen LogP contribution in [-0.2, 0) is 12.8 Å². The number of benzene rings is 1. The Kier molecular flexibility index (Phi) is 3.68. The molecule has 1 aromatic carbocycles. The van der Waals surface area contributed by atoms with Crippen LogP contribution in [-0.4, -0.2) is 5.78 Å². The number of fused-ring (bicyclic) bond motifs is 1. The van der Waals surface area contributed by atoms with Gasteiger partial charge in [-0.05, 0) is 47.9 Å². The van der Waals surface area contributed by atoms with Gasteiger partial charge in [0.05, 0.1) is 0 Å². The van der Waals surface area contributed by atoms with E-state index < -0.39 is 0 Å². The van der Waals surface area contributed by atoms with E-state index in [-0.39, 0.29) is 11.3 Å². The number of carbonyl (C=O) groups is 1. The van der Waals surface area contributed by atoms with E-state index in [4.69, 9.17) is 0 Å². The second kappa shape index (κ2) is 4.80. The summed E-state index contributed by atoms with van der Waals surface area (Å²) in [5.74, 6) is 0.533. The fourth-order valence-corrected chi connectivity index (χ4v) is 3.39. The third kappa shape index (κ3) is 2.69. The van der Waals surface area contributed by atoms with E-state index in [0.717, 1.165) is 29.3 Å². The Labute approximate surface area is 118 Å². The highest BCUT2D eigenvalue weighted by Crippen LogP contribution is 2.36. The van der Waals surface area contributed by atoms with Crippen molar-refractivity contribution in [2.24, 2.45) is 11.3 Å². The monoisotopic (exact) mass is 308 g/mol. The fourth-order valence-electron chi connectivity index (χ4n) is 2.72. The molecule has 0 spiro atoms. The van der Waals surface area contributed by atoms with Crippen LogP contribution in [0.2, 0.25) is 0 Å². The number of carbonyl (C=O) groups excluding carboxylic acids is 1. The normalized spacial score (nSPS) is 19.2. The van der Waals surface area contributed by atoms with Gasteiger partial charge in [-0.25, -0.2) is 0 Å². The van der Waals surface area contributed by atoms with Crippen molar-refractivity contribution in [1.82, 2.24) is 0 Å². The zero-order valence-corrected chi connectivity index (χ0v) is 13.2. The first-order chi connectivity index (χ1) is 8.31. The largest absolute Gasteiger partial charge is 0.294 e. The lowest BCUT2D eigenvalue weighted by Crippen LogP contribution is -2.10. The van der Waals surface area contributed by atoms with Gasteiger partial charge in [0.2, 0.25) is 0 Å². The fraction of sp³-hybridized carbons (Fsp3) is 0.562. The molecule has 1 aromatic rings. The van der Waals surface area contributed by atoms with Gasteiger partial charge in [0.1, 0.15) is 0 Å². The van der Waals surface area contributed by atoms with Crippen molar-refractivity contribution in [3.8, 4) is 0 Å². The zero-order valence-electron chi connectivity index (χ0n) is 11.6. The Bertz CT molecular complexity index is 483. The molecular formula is C16H21BrO. The predicted octanol–water partition coefficient (Wildman–Crippen LogP) is 4.80. The molecular weight excluding hydrogens is 288 g/mol. The van der Waals surface area contributed by atoms with Crippen LogP contribution in [0.1, 0.15) is 55.6 Å². The highest BCUT2D eigenvalue weighted by atomic mass is 79.9. The van der Waals surface area contributed by atoms with Gasteiger partial charge >= 0.3 is 0 Å². The van der Waals surface area contributed by atoms with Crippen molar-refractivity contribution < 1.29 is 4.79 Å². The summed E-state index contributed by atoms with van der Waals surface area (Å²) in [5.41, 5.74) is 3.68. The van der Waals surface area contributed by atoms with Crippen LogP contribution < -0.4 is 0 Å². The molecule has 0 saturated carbocycles. The molecule has 0 fully saturated rings. The Morgan fingerprint density at radius 3 is 2.56 bits per heavy atom. The SMILES string of the molecule is CCC1Cc2c(Br)cc(CC(C)(C)C)cc2C1=O. The van der Waals surface area contributed by atoms with E-state index in [1.165, 1.54) is 11.1 Å². The summed E-state index contributed by atoms with van der Waals surface area (Å²) in [7, 11) is 0. The van der Waals surface area contributed by atoms with Crippen molar-refractivity contribution in [3.05, 3.63) is 33.3 Å². The van der Waals surface area contributed by atoms with E-state index in [1.54, 1.807) is 0 Å². The van der Waals surface area contributed by atoms with Crippen LogP contribution in [0.4, 0.5) is 0 Å². The van der Waals surface area contributed by atoms with Crippen LogP contribution in [0.3, 0.4) is 0 Å². The van der Waals surface area contributed by atoms with Gasteiger partial charge < -0.3 is 0 Å². The number of halogens is 1. The van der Waals surface area contributed by atoms with Gasteiger partial charge in [-0.2, -0.15) is 0 Å². The van der Waals surface area contributed by atoms with E-state index in [1.807, 2.05) is 0 Å². The zero-order chi connectivity index (χ0) is 13.5. The van der Waals surface area contributed by atoms with Gasteiger partial charge in [-0.1, -0.05) is 43.6 Å². The molecule has 0 aromatic heterocycles. The molecule has 2 heteroatoms. The van der Waals surface area contributed by atoms with Gasteiger partial charge in [0.15, 0.2) is 5.78 Å². The lowest BCUT2D eigenvalue weighted by atomic mass is 9.87. The third-order valence-corrected chi connectivity index (χ3v) is 4.28. The molecule has 0 radical (unpaired) electrons. The topological polar surface area (TPSA) is 17.1 Å². The molecule has 18 heavy (non-hydrogen) atoms. The summed E-state index contributed by atoms with van der Waals surface area (Å²) in [6.45, 7) is 8.78. The first kappa shape index (κ1) is 13.8. The minimum absolute atomic E-state index is 0.196. The predicted molar refractivity (Wildman–Crippen MR) is 79.1 cm³/mol. The summed E-state index contributed by atoms with van der Waals surface area (Å²) in [6.07, 6.45) is 2.85. The molecule has 0 saturated heterocycles. The molecule has 0 heterocycles. The summed E-state index contributed by atoms with van der Waals surface area (Å²) in [5, 5.41) is 0. The first-order valence-electron chi connectivity index (χ1n) is 6.67. The Balaban J connectivity index is 2.39. The smallest absolute Gasteiger partial charge is 0.166 e. The number of hydrogen-bond acceptors (Lipinski definition) is 1. The summed E-state index contributed by atoms with van der Waals surface area (Å²) in [4.78, 5) is 12.3. The second-order valence-corrected chi connectivity index (χ2v) is 7.37. The van der Waals surface area contributed by atoms with Crippen molar-refractivity contribution in [1.29, 1.82) is 0 Å². The molecule has 0 bridgehead atoms. The van der Waals surface area contributed by atoms with Crippen LogP contribution in [0, 0.1) is 11.3 Å². The van der Waals surface area contributed by atoms with E-state index in [9.17, 15) is 4.79 Å². The highest BCUT2D eigenvalue weighted by Gasteiger charge is 2.31. The lowest BCUT2D eigenvalue weighted by molar-refractivity contribution is 0.0934. The van der Waals surface area contributed by atoms with Crippen LogP contribution in [0.15, 0.2) is 16.6 Å². The molecule has 0 N–H and O–H groups in total. The minimum atomic E-state index is 0.196. The standard InChI is InChI=1S/C16H21BrO/c1-5-11-8-12-13(15(11)18)6-10(7-14(12)17)9-16(2,3)4/h6-7,11H,5,8-9H2,1-4H3. The van der Waals surface area contributed by atoms with Crippen molar-refractivity contribution >= 4 is 21.7 Å². The average Bonchev–Trinajstić information content (AvgIpc) is 2.54. The van der Waals surface area contributed by atoms with E-state index >= 15 is 0 Å². The van der Waals surface area contributed by atoms with Crippen LogP contribution in [0.5, 0.6) is 0 Å². The van der Waals surface area contributed by atoms with Crippen molar-refractivity contribution in [2.45, 2.75) is 47.0 Å². The Morgan fingerprint density at radius 1 is 1.33 bits per heavy atom. The van der Waals surface area contributed by atoms with Crippen LogP contribution in [0.25, 0.3) is 0 Å². The molecule has 0 amide bonds. The molecule has 1 nitrogen and oxygen atoms in total. The van der Waals surface area contributed by atoms with Gasteiger partial charge in [-0.3, -0.25) is 4.79 Å². The number of rotatable bonds is 2. The minimum Gasteiger partial charge on any atom is -0.294 e. The summed E-state index contributed by atoms with van der Waals surface area (Å²) < 4.78 is 1.11. The molecule has 1 atom stereocenters. The number of ketones is 1. The Morgan fingerprint density at radius 2 is 2.00 bits per heavy atom. The van der Waals surface area contributed by atoms with Crippen molar-refractivity contribution in [3.63, 3.8) is 0 Å². The second-order valence-electron chi connectivity index (χ2n) is 6.51. The number of Topliss-reactive ketones (excluding diaryl/α,β-unsaturated/α-hetero) is 1. The maximum Gasteiger partial charge on any atom is 0.166 e. The molecule has 1 aliphatic carbocycles. The average molecular weight is 309 g/mol. The third-order valence-electron chi connectivity index (χ3n) is 3.57. The highest BCUT2D eigenvalue weighted by molar-refractivity contribution is 9.10. The lowest BCUT2D eigenvalue weighted by Gasteiger charge is -2.19. The molecule has 0 aliphatic heterocycles. The first-order valence-corrected chi connectivity index (χ1v) is 7.46. The van der Waals surface area contributed by atoms with Gasteiger partial charge in [-0.15, -0.1) is 0 Å². The molecule has 1 aliphatic rings. The molecule has 2 rings (SSSR count). The summed E-state index contributed by atoms with van der Waals surface area (Å²) in [6, 6.07) is 4.30. The van der Waals surface area contributed by atoms with Gasteiger partial charge in [0.25, 0.3) is 0 Å². The van der Waals surface area contributed by atoms with Crippen LogP contribution >= 0.6 is 15.9 Å². The quantitative estimate of drug-likeness (QED) is 0.766.